The van der Waals surface area contributed by atoms with Gasteiger partial charge in [0.15, 0.2) is 18.2 Å². The molecule has 1 aromatic heterocycles. The summed E-state index contributed by atoms with van der Waals surface area (Å²) in [5.74, 6) is -1.57. The van der Waals surface area contributed by atoms with Gasteiger partial charge in [-0.1, -0.05) is 0 Å². The van der Waals surface area contributed by atoms with Gasteiger partial charge in [-0.3, -0.25) is 9.36 Å². The van der Waals surface area contributed by atoms with Crippen molar-refractivity contribution in [3.05, 3.63) is 39.8 Å². The summed E-state index contributed by atoms with van der Waals surface area (Å²) < 4.78 is 71.5. The van der Waals surface area contributed by atoms with E-state index in [1.165, 1.54) is 4.57 Å². The van der Waals surface area contributed by atoms with Gasteiger partial charge >= 0.3 is 11.9 Å². The first kappa shape index (κ1) is 25.2. The maximum absolute atomic E-state index is 14.8. The van der Waals surface area contributed by atoms with Crippen molar-refractivity contribution in [2.24, 2.45) is 0 Å². The molecule has 3 rings (SSSR count). The Hall–Kier alpha value is -2.44. The van der Waals surface area contributed by atoms with Crippen LogP contribution < -0.4 is 10.4 Å². The van der Waals surface area contributed by atoms with Crippen LogP contribution in [0.2, 0.25) is 0 Å². The molecule has 0 N–H and O–H groups in total. The van der Waals surface area contributed by atoms with E-state index in [2.05, 4.69) is 5.10 Å². The molecule has 1 fully saturated rings. The minimum absolute atomic E-state index is 0.102. The minimum Gasteiger partial charge on any atom is -0.480 e. The van der Waals surface area contributed by atoms with Gasteiger partial charge in [0.25, 0.3) is 5.24 Å². The lowest BCUT2D eigenvalue weighted by Gasteiger charge is -2.22. The van der Waals surface area contributed by atoms with Gasteiger partial charge in [0, 0.05) is 19.2 Å². The van der Waals surface area contributed by atoms with Crippen LogP contribution in [0.5, 0.6) is 5.75 Å². The molecule has 0 saturated carbocycles. The van der Waals surface area contributed by atoms with E-state index in [1.807, 2.05) is 0 Å². The van der Waals surface area contributed by atoms with Gasteiger partial charge in [-0.15, -0.1) is 5.10 Å². The first-order valence-electron chi connectivity index (χ1n) is 10.2. The molecule has 0 radical (unpaired) electrons. The smallest absolute Gasteiger partial charge is 0.425 e. The van der Waals surface area contributed by atoms with Gasteiger partial charge in [0.1, 0.15) is 23.9 Å². The number of carbonyl (C=O) groups excluding carboxylic acids is 1. The lowest BCUT2D eigenvalue weighted by molar-refractivity contribution is -0.189. The molecule has 182 valence electrons. The quantitative estimate of drug-likeness (QED) is 0.407. The van der Waals surface area contributed by atoms with Crippen molar-refractivity contribution < 1.29 is 36.6 Å². The second kappa shape index (κ2) is 10.2. The van der Waals surface area contributed by atoms with E-state index >= 15 is 0 Å². The van der Waals surface area contributed by atoms with E-state index in [0.717, 1.165) is 18.9 Å². The fraction of sp³-hybridized carbons (Fsp3) is 0.550. The number of hydrogen-bond acceptors (Lipinski definition) is 6. The Kier molecular flexibility index (Phi) is 7.80. The van der Waals surface area contributed by atoms with Gasteiger partial charge in [0.05, 0.1) is 5.56 Å². The molecule has 0 aliphatic carbocycles. The second-order valence-corrected chi connectivity index (χ2v) is 7.68. The minimum atomic E-state index is -4.76. The van der Waals surface area contributed by atoms with Crippen LogP contribution in [-0.2, 0) is 22.6 Å². The van der Waals surface area contributed by atoms with E-state index in [-0.39, 0.29) is 19.0 Å². The molecule has 1 aliphatic heterocycles. The normalized spacial score (nSPS) is 17.7. The Labute approximate surface area is 191 Å². The van der Waals surface area contributed by atoms with Crippen LogP contribution in [-0.4, -0.2) is 44.8 Å². The zero-order valence-corrected chi connectivity index (χ0v) is 18.6. The second-order valence-electron chi connectivity index (χ2n) is 7.34. The Morgan fingerprint density at radius 1 is 1.36 bits per heavy atom. The van der Waals surface area contributed by atoms with Crippen molar-refractivity contribution in [3.63, 3.8) is 0 Å². The van der Waals surface area contributed by atoms with Gasteiger partial charge in [0.2, 0.25) is 0 Å². The average molecular weight is 496 g/mol. The zero-order chi connectivity index (χ0) is 24.3. The Bertz CT molecular complexity index is 1060. The van der Waals surface area contributed by atoms with Crippen molar-refractivity contribution >= 4 is 16.8 Å². The monoisotopic (exact) mass is 495 g/mol. The summed E-state index contributed by atoms with van der Waals surface area (Å²) in [6.45, 7) is 3.01. The van der Waals surface area contributed by atoms with Gasteiger partial charge < -0.3 is 14.2 Å². The highest BCUT2D eigenvalue weighted by molar-refractivity contribution is 6.68. The predicted molar refractivity (Wildman–Crippen MR) is 108 cm³/mol. The maximum atomic E-state index is 14.8. The molecule has 0 bridgehead atoms. The van der Waals surface area contributed by atoms with Gasteiger partial charge in [-0.2, -0.15) is 17.9 Å². The first-order valence-corrected chi connectivity index (χ1v) is 10.6. The molecular formula is C20H22ClF4N3O5. The largest absolute Gasteiger partial charge is 0.480 e. The molecule has 2 atom stereocenters. The highest BCUT2D eigenvalue weighted by Crippen LogP contribution is 2.31. The Morgan fingerprint density at radius 2 is 2.09 bits per heavy atom. The molecule has 1 aliphatic rings. The third-order valence-electron chi connectivity index (χ3n) is 5.05. The molecule has 0 spiro atoms. The summed E-state index contributed by atoms with van der Waals surface area (Å²) in [6.07, 6.45) is -5.01. The highest BCUT2D eigenvalue weighted by atomic mass is 35.5. The molecule has 2 heterocycles. The molecule has 2 aromatic rings. The summed E-state index contributed by atoms with van der Waals surface area (Å²) in [6, 6.07) is 1.39. The Morgan fingerprint density at radius 3 is 2.67 bits per heavy atom. The van der Waals surface area contributed by atoms with E-state index in [9.17, 15) is 27.2 Å². The van der Waals surface area contributed by atoms with Crippen LogP contribution in [0.1, 0.15) is 49.3 Å². The number of rotatable bonds is 8. The van der Waals surface area contributed by atoms with Crippen molar-refractivity contribution in [2.75, 3.05) is 6.61 Å². The summed E-state index contributed by atoms with van der Waals surface area (Å²) in [5, 5.41) is 2.87. The number of ether oxygens (including phenoxy) is 3. The molecular weight excluding hydrogens is 474 g/mol. The number of alkyl halides is 3. The van der Waals surface area contributed by atoms with Crippen LogP contribution in [0.3, 0.4) is 0 Å². The summed E-state index contributed by atoms with van der Waals surface area (Å²) in [5.41, 5.74) is -1.87. The van der Waals surface area contributed by atoms with E-state index < -0.39 is 52.3 Å². The average Bonchev–Trinajstić information content (AvgIpc) is 3.08. The maximum Gasteiger partial charge on any atom is 0.425 e. The first-order chi connectivity index (χ1) is 15.5. The third-order valence-corrected chi connectivity index (χ3v) is 5.25. The van der Waals surface area contributed by atoms with Crippen molar-refractivity contribution in [2.45, 2.75) is 64.8 Å². The third kappa shape index (κ3) is 5.74. The molecule has 33 heavy (non-hydrogen) atoms. The van der Waals surface area contributed by atoms with Crippen molar-refractivity contribution in [3.8, 4) is 11.4 Å². The van der Waals surface area contributed by atoms with Crippen LogP contribution in [0.25, 0.3) is 5.69 Å². The summed E-state index contributed by atoms with van der Waals surface area (Å²) in [7, 11) is 0. The molecule has 1 aromatic carbocycles. The van der Waals surface area contributed by atoms with E-state index in [4.69, 9.17) is 25.8 Å². The van der Waals surface area contributed by atoms with Crippen LogP contribution in [0, 0.1) is 5.82 Å². The van der Waals surface area contributed by atoms with Crippen LogP contribution >= 0.6 is 11.6 Å². The van der Waals surface area contributed by atoms with Gasteiger partial charge in [-0.25, -0.2) is 9.18 Å². The van der Waals surface area contributed by atoms with Gasteiger partial charge in [-0.05, 0) is 50.8 Å². The van der Waals surface area contributed by atoms with E-state index in [1.54, 1.807) is 6.92 Å². The fourth-order valence-electron chi connectivity index (χ4n) is 3.24. The lowest BCUT2D eigenvalue weighted by atomic mass is 10.2. The SMILES string of the molecule is CCn1c(CO[C@H]2CCCCO2)nn(-c2cc(O[C@@H](C)C(F)(F)F)c(C(=O)Cl)cc2F)c1=O. The molecule has 8 nitrogen and oxygen atoms in total. The predicted octanol–water partition coefficient (Wildman–Crippen LogP) is 3.94. The molecule has 1 saturated heterocycles. The van der Waals surface area contributed by atoms with Crippen molar-refractivity contribution in [1.29, 1.82) is 0 Å². The highest BCUT2D eigenvalue weighted by Gasteiger charge is 2.39. The zero-order valence-electron chi connectivity index (χ0n) is 17.8. The number of hydrogen-bond donors (Lipinski definition) is 0. The Balaban J connectivity index is 1.99. The number of halogens is 5. The summed E-state index contributed by atoms with van der Waals surface area (Å²) >= 11 is 5.39. The standard InChI is InChI=1S/C20H22ClF4N3O5/c1-3-27-16(10-32-17-6-4-5-7-31-17)26-28(19(27)30)14-9-15(33-11(2)20(23,24)25)12(18(21)29)8-13(14)22/h8-9,11,17H,3-7,10H2,1-2H3/t11-,17-/m0/s1. The fourth-order valence-corrected chi connectivity index (χ4v) is 3.39. The van der Waals surface area contributed by atoms with Crippen LogP contribution in [0.15, 0.2) is 16.9 Å². The number of carbonyl (C=O) groups is 1. The van der Waals surface area contributed by atoms with Crippen LogP contribution in [0.4, 0.5) is 17.6 Å². The van der Waals surface area contributed by atoms with Crippen molar-refractivity contribution in [1.82, 2.24) is 14.3 Å². The number of nitrogens with zero attached hydrogens (tertiary/aromatic N) is 3. The summed E-state index contributed by atoms with van der Waals surface area (Å²) in [4.78, 5) is 24.5. The molecule has 0 amide bonds. The number of aromatic nitrogens is 3. The molecule has 13 heteroatoms. The molecule has 0 unspecified atom stereocenters. The van der Waals surface area contributed by atoms with E-state index in [0.29, 0.717) is 30.7 Å². The number of benzene rings is 1. The lowest BCUT2D eigenvalue weighted by Crippen LogP contribution is -2.31. The topological polar surface area (TPSA) is 84.6 Å².